The molecular weight excluding hydrogens is 303 g/mol. The van der Waals surface area contributed by atoms with Crippen LogP contribution in [0.4, 0.5) is 4.39 Å². The third-order valence-corrected chi connectivity index (χ3v) is 3.97. The maximum atomic E-state index is 13.9. The number of carbonyl (C=O) groups excluding carboxylic acids is 1. The number of hydrogen-bond acceptors (Lipinski definition) is 5. The zero-order valence-corrected chi connectivity index (χ0v) is 13.9. The van der Waals surface area contributed by atoms with Crippen LogP contribution in [0.5, 0.6) is 0 Å². The molecular formula is C16H25FN2O4. The van der Waals surface area contributed by atoms with Crippen LogP contribution in [-0.4, -0.2) is 62.5 Å². The van der Waals surface area contributed by atoms with Gasteiger partial charge < -0.3 is 19.5 Å². The highest BCUT2D eigenvalue weighted by molar-refractivity contribution is 5.92. The number of allylic oxidation sites excluding steroid dienone is 2. The second kappa shape index (κ2) is 8.42. The van der Waals surface area contributed by atoms with Crippen molar-refractivity contribution < 1.29 is 23.4 Å². The summed E-state index contributed by atoms with van der Waals surface area (Å²) in [7, 11) is 0. The van der Waals surface area contributed by atoms with Gasteiger partial charge in [-0.15, -0.1) is 0 Å². The Kier molecular flexibility index (Phi) is 6.56. The summed E-state index contributed by atoms with van der Waals surface area (Å²) in [5.41, 5.74) is 0.509. The molecule has 2 rings (SSSR count). The number of fused-ring (bicyclic) bond motifs is 1. The third kappa shape index (κ3) is 5.02. The molecule has 23 heavy (non-hydrogen) atoms. The molecule has 1 amide bonds. The lowest BCUT2D eigenvalue weighted by Gasteiger charge is -2.24. The summed E-state index contributed by atoms with van der Waals surface area (Å²) < 4.78 is 30.4. The highest BCUT2D eigenvalue weighted by Crippen LogP contribution is 2.20. The van der Waals surface area contributed by atoms with Crippen molar-refractivity contribution in [3.8, 4) is 0 Å². The van der Waals surface area contributed by atoms with Crippen molar-refractivity contribution in [1.82, 2.24) is 10.2 Å². The zero-order chi connectivity index (χ0) is 16.8. The van der Waals surface area contributed by atoms with Crippen LogP contribution in [0, 0.1) is 0 Å². The van der Waals surface area contributed by atoms with Gasteiger partial charge in [-0.3, -0.25) is 9.69 Å². The Morgan fingerprint density at radius 2 is 1.91 bits per heavy atom. The summed E-state index contributed by atoms with van der Waals surface area (Å²) in [5, 5.41) is 2.49. The van der Waals surface area contributed by atoms with Gasteiger partial charge in [0.2, 0.25) is 0 Å². The number of rotatable bonds is 6. The lowest BCUT2D eigenvalue weighted by atomic mass is 10.2. The maximum Gasteiger partial charge on any atom is 0.283 e. The molecule has 2 heterocycles. The van der Waals surface area contributed by atoms with E-state index in [1.165, 1.54) is 6.08 Å². The van der Waals surface area contributed by atoms with E-state index in [2.05, 4.69) is 5.32 Å². The van der Waals surface area contributed by atoms with Crippen LogP contribution in [0.15, 0.2) is 23.4 Å². The van der Waals surface area contributed by atoms with E-state index < -0.39 is 11.7 Å². The molecule has 0 aromatic rings. The first-order valence-electron chi connectivity index (χ1n) is 7.94. The molecule has 2 unspecified atom stereocenters. The fourth-order valence-corrected chi connectivity index (χ4v) is 2.63. The summed E-state index contributed by atoms with van der Waals surface area (Å²) in [4.78, 5) is 13.8. The van der Waals surface area contributed by atoms with Crippen LogP contribution < -0.4 is 5.32 Å². The zero-order valence-electron chi connectivity index (χ0n) is 13.9. The van der Waals surface area contributed by atoms with Crippen LogP contribution in [-0.2, 0) is 19.0 Å². The van der Waals surface area contributed by atoms with Crippen molar-refractivity contribution in [2.24, 2.45) is 0 Å². The predicted octanol–water partition coefficient (Wildman–Crippen LogP) is 1.34. The van der Waals surface area contributed by atoms with Gasteiger partial charge in [0.05, 0.1) is 37.7 Å². The van der Waals surface area contributed by atoms with Gasteiger partial charge in [0, 0.05) is 19.6 Å². The molecule has 130 valence electrons. The summed E-state index contributed by atoms with van der Waals surface area (Å²) in [6.07, 6.45) is 1.39. The van der Waals surface area contributed by atoms with E-state index >= 15 is 0 Å². The number of nitrogens with one attached hydrogen (secondary N) is 1. The van der Waals surface area contributed by atoms with Gasteiger partial charge in [0.25, 0.3) is 5.91 Å². The highest BCUT2D eigenvalue weighted by atomic mass is 19.1. The summed E-state index contributed by atoms with van der Waals surface area (Å²) in [6.45, 7) is 8.70. The molecule has 2 atom stereocenters. The predicted molar refractivity (Wildman–Crippen MR) is 83.3 cm³/mol. The number of hydrogen-bond donors (Lipinski definition) is 1. The first kappa shape index (κ1) is 17.9. The molecule has 2 aliphatic heterocycles. The van der Waals surface area contributed by atoms with Gasteiger partial charge >= 0.3 is 0 Å². The highest BCUT2D eigenvalue weighted by Gasteiger charge is 2.36. The van der Waals surface area contributed by atoms with Gasteiger partial charge in [0.1, 0.15) is 5.76 Å². The second-order valence-electron chi connectivity index (χ2n) is 5.66. The minimum absolute atomic E-state index is 0.0491. The molecule has 2 fully saturated rings. The van der Waals surface area contributed by atoms with Gasteiger partial charge in [-0.2, -0.15) is 0 Å². The minimum Gasteiger partial charge on any atom is -0.497 e. The minimum atomic E-state index is -0.801. The molecule has 0 spiro atoms. The average Bonchev–Trinajstić information content (AvgIpc) is 2.95. The molecule has 2 aliphatic rings. The van der Waals surface area contributed by atoms with Crippen molar-refractivity contribution in [2.75, 3.05) is 39.5 Å². The topological polar surface area (TPSA) is 60.0 Å². The fourth-order valence-electron chi connectivity index (χ4n) is 2.63. The molecule has 7 heteroatoms. The van der Waals surface area contributed by atoms with Gasteiger partial charge in [-0.05, 0) is 26.8 Å². The molecule has 0 aliphatic carbocycles. The Labute approximate surface area is 136 Å². The van der Waals surface area contributed by atoms with E-state index in [0.29, 0.717) is 50.9 Å². The van der Waals surface area contributed by atoms with E-state index in [4.69, 9.17) is 14.2 Å². The van der Waals surface area contributed by atoms with Crippen LogP contribution >= 0.6 is 0 Å². The third-order valence-electron chi connectivity index (χ3n) is 3.97. The van der Waals surface area contributed by atoms with E-state index in [1.807, 2.05) is 11.8 Å². The molecule has 0 radical (unpaired) electrons. The van der Waals surface area contributed by atoms with Crippen molar-refractivity contribution in [3.63, 3.8) is 0 Å². The quantitative estimate of drug-likeness (QED) is 0.589. The summed E-state index contributed by atoms with van der Waals surface area (Å²) >= 11 is 0. The molecule has 0 aromatic heterocycles. The Morgan fingerprint density at radius 3 is 2.48 bits per heavy atom. The average molecular weight is 328 g/mol. The van der Waals surface area contributed by atoms with Crippen molar-refractivity contribution in [3.05, 3.63) is 23.4 Å². The van der Waals surface area contributed by atoms with Crippen molar-refractivity contribution in [1.29, 1.82) is 0 Å². The van der Waals surface area contributed by atoms with Gasteiger partial charge in [-0.1, -0.05) is 0 Å². The van der Waals surface area contributed by atoms with Gasteiger partial charge in [-0.25, -0.2) is 4.39 Å². The summed E-state index contributed by atoms with van der Waals surface area (Å²) in [5.74, 6) is -0.984. The number of amides is 1. The fraction of sp³-hybridized carbons (Fsp3) is 0.688. The first-order chi connectivity index (χ1) is 11.0. The van der Waals surface area contributed by atoms with E-state index in [0.717, 1.165) is 0 Å². The maximum absolute atomic E-state index is 13.9. The smallest absolute Gasteiger partial charge is 0.283 e. The second-order valence-corrected chi connectivity index (χ2v) is 5.66. The number of likely N-dealkylation sites (tertiary alicyclic amines) is 1. The lowest BCUT2D eigenvalue weighted by molar-refractivity contribution is -0.118. The van der Waals surface area contributed by atoms with Crippen LogP contribution in [0.2, 0.25) is 0 Å². The molecule has 0 bridgehead atoms. The van der Waals surface area contributed by atoms with E-state index in [1.54, 1.807) is 13.8 Å². The Morgan fingerprint density at radius 1 is 1.30 bits per heavy atom. The Balaban J connectivity index is 1.83. The number of ether oxygens (including phenoxy) is 3. The number of halogens is 1. The molecule has 1 N–H and O–H groups in total. The number of carbonyl (C=O) groups is 1. The van der Waals surface area contributed by atoms with E-state index in [9.17, 15) is 9.18 Å². The van der Waals surface area contributed by atoms with Crippen molar-refractivity contribution >= 4 is 5.91 Å². The lowest BCUT2D eigenvalue weighted by Crippen LogP contribution is -2.36. The van der Waals surface area contributed by atoms with E-state index in [-0.39, 0.29) is 12.2 Å². The summed E-state index contributed by atoms with van der Waals surface area (Å²) in [6, 6.07) is 0. The van der Waals surface area contributed by atoms with Crippen LogP contribution in [0.1, 0.15) is 20.8 Å². The SMILES string of the molecule is CCOC(C)=C(C)NC(=O)C(F)=CCN1CC2OCCOC2C1. The van der Waals surface area contributed by atoms with Gasteiger partial charge in [0.15, 0.2) is 5.83 Å². The van der Waals surface area contributed by atoms with Crippen LogP contribution in [0.3, 0.4) is 0 Å². The Hall–Kier alpha value is -1.44. The van der Waals surface area contributed by atoms with Crippen molar-refractivity contribution in [2.45, 2.75) is 33.0 Å². The molecule has 2 saturated heterocycles. The van der Waals surface area contributed by atoms with Crippen LogP contribution in [0.25, 0.3) is 0 Å². The molecule has 0 aromatic carbocycles. The number of nitrogens with zero attached hydrogens (tertiary/aromatic N) is 1. The largest absolute Gasteiger partial charge is 0.497 e. The monoisotopic (exact) mass is 328 g/mol. The molecule has 0 saturated carbocycles. The first-order valence-corrected chi connectivity index (χ1v) is 7.94. The Bertz CT molecular complexity index is 478. The molecule has 6 nitrogen and oxygen atoms in total. The normalized spacial score (nSPS) is 26.5. The standard InChI is InChI=1S/C16H25FN2O4/c1-4-21-12(3)11(2)18-16(20)13(17)5-6-19-9-14-15(10-19)23-8-7-22-14/h5,14-15H,4,6-10H2,1-3H3,(H,18,20).